The molecule has 2 aliphatic heterocycles. The van der Waals surface area contributed by atoms with Gasteiger partial charge in [0.25, 0.3) is 5.56 Å². The van der Waals surface area contributed by atoms with Gasteiger partial charge in [0.2, 0.25) is 6.79 Å². The Morgan fingerprint density at radius 2 is 1.71 bits per heavy atom. The number of ether oxygens (including phenoxy) is 3. The Kier molecular flexibility index (Phi) is 5.89. The smallest absolute Gasteiger partial charge is 0.268 e. The number of benzene rings is 2. The molecule has 2 aromatic carbocycles. The zero-order valence-corrected chi connectivity index (χ0v) is 20.3. The number of hydrogen-bond acceptors (Lipinski definition) is 8. The van der Waals surface area contributed by atoms with E-state index < -0.39 is 0 Å². The molecule has 0 radical (unpaired) electrons. The Labute approximate surface area is 206 Å². The normalized spacial score (nSPS) is 16.1. The lowest BCUT2D eigenvalue weighted by atomic mass is 10.1. The minimum atomic E-state index is -0.0730. The molecule has 0 saturated carbocycles. The first-order valence-electron chi connectivity index (χ1n) is 11.6. The molecule has 1 fully saturated rings. The largest absolute Gasteiger partial charge is 0.497 e. The standard InChI is InChI=1S/C26H26N4O4S/c1-32-19-5-3-18(4-6-19)23-13-20-25(35-23)26(31)28-24(27-20)15-30-10-8-29(9-11-30)14-17-2-7-21-22(12-17)34-16-33-21/h2-7,12-13H,8-11,14-16H2,1H3,(H,27,28,31). The molecule has 4 heterocycles. The summed E-state index contributed by atoms with van der Waals surface area (Å²) in [6.45, 7) is 5.58. The van der Waals surface area contributed by atoms with Crippen LogP contribution in [0, 0.1) is 0 Å². The molecule has 4 aromatic rings. The molecule has 2 aliphatic rings. The summed E-state index contributed by atoms with van der Waals surface area (Å²) in [5.74, 6) is 3.17. The maximum atomic E-state index is 12.8. The molecule has 35 heavy (non-hydrogen) atoms. The second-order valence-electron chi connectivity index (χ2n) is 8.81. The average Bonchev–Trinajstić information content (AvgIpc) is 3.52. The van der Waals surface area contributed by atoms with Crippen molar-refractivity contribution >= 4 is 21.6 Å². The maximum absolute atomic E-state index is 12.8. The molecule has 0 atom stereocenters. The van der Waals surface area contributed by atoms with Gasteiger partial charge in [-0.25, -0.2) is 4.98 Å². The number of H-pyrrole nitrogens is 1. The number of nitrogens with one attached hydrogen (secondary N) is 1. The molecule has 0 spiro atoms. The van der Waals surface area contributed by atoms with Crippen molar-refractivity contribution < 1.29 is 14.2 Å². The molecular weight excluding hydrogens is 464 g/mol. The van der Waals surface area contributed by atoms with Gasteiger partial charge in [0.15, 0.2) is 11.5 Å². The molecule has 0 amide bonds. The van der Waals surface area contributed by atoms with Crippen molar-refractivity contribution in [2.24, 2.45) is 0 Å². The van der Waals surface area contributed by atoms with E-state index in [-0.39, 0.29) is 5.56 Å². The van der Waals surface area contributed by atoms with Crippen LogP contribution in [0.2, 0.25) is 0 Å². The van der Waals surface area contributed by atoms with Crippen LogP contribution in [0.15, 0.2) is 53.3 Å². The van der Waals surface area contributed by atoms with Crippen molar-refractivity contribution in [3.8, 4) is 27.7 Å². The Balaban J connectivity index is 1.10. The third kappa shape index (κ3) is 4.62. The second kappa shape index (κ2) is 9.33. The summed E-state index contributed by atoms with van der Waals surface area (Å²) >= 11 is 1.47. The van der Waals surface area contributed by atoms with E-state index >= 15 is 0 Å². The van der Waals surface area contributed by atoms with Crippen molar-refractivity contribution in [1.82, 2.24) is 19.8 Å². The van der Waals surface area contributed by atoms with Crippen LogP contribution in [0.1, 0.15) is 11.4 Å². The summed E-state index contributed by atoms with van der Waals surface area (Å²) in [6, 6.07) is 16.0. The van der Waals surface area contributed by atoms with Crippen molar-refractivity contribution in [2.45, 2.75) is 13.1 Å². The van der Waals surface area contributed by atoms with Crippen molar-refractivity contribution in [3.05, 3.63) is 70.3 Å². The predicted molar refractivity (Wildman–Crippen MR) is 135 cm³/mol. The van der Waals surface area contributed by atoms with Crippen molar-refractivity contribution in [3.63, 3.8) is 0 Å². The Morgan fingerprint density at radius 1 is 0.971 bits per heavy atom. The fourth-order valence-corrected chi connectivity index (χ4v) is 5.57. The number of aromatic amines is 1. The summed E-state index contributed by atoms with van der Waals surface area (Å²) in [5, 5.41) is 0. The van der Waals surface area contributed by atoms with E-state index in [0.717, 1.165) is 65.9 Å². The van der Waals surface area contributed by atoms with Crippen LogP contribution in [-0.4, -0.2) is 59.8 Å². The number of rotatable bonds is 6. The van der Waals surface area contributed by atoms with Crippen molar-refractivity contribution in [2.75, 3.05) is 40.1 Å². The van der Waals surface area contributed by atoms with Gasteiger partial charge in [0.1, 0.15) is 16.3 Å². The first-order valence-corrected chi connectivity index (χ1v) is 12.5. The Hall–Kier alpha value is -3.40. The zero-order valence-electron chi connectivity index (χ0n) is 19.5. The minimum absolute atomic E-state index is 0.0730. The van der Waals surface area contributed by atoms with Crippen LogP contribution in [0.3, 0.4) is 0 Å². The number of piperazine rings is 1. The fourth-order valence-electron chi connectivity index (χ4n) is 4.58. The van der Waals surface area contributed by atoms with Gasteiger partial charge in [-0.1, -0.05) is 6.07 Å². The van der Waals surface area contributed by atoms with Gasteiger partial charge in [0, 0.05) is 37.6 Å². The maximum Gasteiger partial charge on any atom is 0.268 e. The third-order valence-corrected chi connectivity index (χ3v) is 7.66. The van der Waals surface area contributed by atoms with Gasteiger partial charge in [0.05, 0.1) is 19.2 Å². The highest BCUT2D eigenvalue weighted by atomic mass is 32.1. The lowest BCUT2D eigenvalue weighted by Crippen LogP contribution is -2.45. The van der Waals surface area contributed by atoms with E-state index in [2.05, 4.69) is 26.9 Å². The molecule has 1 saturated heterocycles. The minimum Gasteiger partial charge on any atom is -0.497 e. The average molecular weight is 491 g/mol. The SMILES string of the molecule is COc1ccc(-c2cc3nc(CN4CCN(Cc5ccc6c(c5)OCO6)CC4)[nH]c(=O)c3s2)cc1. The number of hydrogen-bond donors (Lipinski definition) is 1. The highest BCUT2D eigenvalue weighted by Gasteiger charge is 2.20. The van der Waals surface area contributed by atoms with Gasteiger partial charge in [-0.2, -0.15) is 0 Å². The number of nitrogens with zero attached hydrogens (tertiary/aromatic N) is 3. The van der Waals surface area contributed by atoms with Crippen molar-refractivity contribution in [1.29, 1.82) is 0 Å². The number of thiophene rings is 1. The Bertz CT molecular complexity index is 1410. The first-order chi connectivity index (χ1) is 17.1. The van der Waals surface area contributed by atoms with Crippen LogP contribution < -0.4 is 19.8 Å². The summed E-state index contributed by atoms with van der Waals surface area (Å²) in [7, 11) is 1.65. The number of fused-ring (bicyclic) bond motifs is 2. The molecule has 0 unspecified atom stereocenters. The quantitative estimate of drug-likeness (QED) is 0.441. The molecule has 6 rings (SSSR count). The summed E-state index contributed by atoms with van der Waals surface area (Å²) in [5.41, 5.74) is 2.95. The molecule has 0 aliphatic carbocycles. The molecule has 2 aromatic heterocycles. The number of methoxy groups -OCH3 is 1. The molecule has 8 nitrogen and oxygen atoms in total. The topological polar surface area (TPSA) is 79.9 Å². The fraction of sp³-hybridized carbons (Fsp3) is 0.308. The molecule has 180 valence electrons. The van der Waals surface area contributed by atoms with Gasteiger partial charge < -0.3 is 19.2 Å². The van der Waals surface area contributed by atoms with E-state index in [1.807, 2.05) is 36.4 Å². The van der Waals surface area contributed by atoms with Crippen LogP contribution in [0.4, 0.5) is 0 Å². The lowest BCUT2D eigenvalue weighted by molar-refractivity contribution is 0.120. The summed E-state index contributed by atoms with van der Waals surface area (Å²) in [4.78, 5) is 26.4. The summed E-state index contributed by atoms with van der Waals surface area (Å²) in [6.07, 6.45) is 0. The van der Waals surface area contributed by atoms with E-state index in [1.54, 1.807) is 7.11 Å². The number of aromatic nitrogens is 2. The van der Waals surface area contributed by atoms with Gasteiger partial charge in [-0.3, -0.25) is 14.6 Å². The van der Waals surface area contributed by atoms with Crippen LogP contribution in [0.5, 0.6) is 17.2 Å². The lowest BCUT2D eigenvalue weighted by Gasteiger charge is -2.34. The monoisotopic (exact) mass is 490 g/mol. The predicted octanol–water partition coefficient (Wildman–Crippen LogP) is 3.71. The molecule has 1 N–H and O–H groups in total. The molecular formula is C26H26N4O4S. The van der Waals surface area contributed by atoms with Crippen LogP contribution >= 0.6 is 11.3 Å². The highest BCUT2D eigenvalue weighted by Crippen LogP contribution is 2.33. The third-order valence-electron chi connectivity index (χ3n) is 6.49. The zero-order chi connectivity index (χ0) is 23.8. The van der Waals surface area contributed by atoms with E-state index in [9.17, 15) is 4.79 Å². The van der Waals surface area contributed by atoms with E-state index in [4.69, 9.17) is 19.2 Å². The van der Waals surface area contributed by atoms with Gasteiger partial charge >= 0.3 is 0 Å². The van der Waals surface area contributed by atoms with Gasteiger partial charge in [-0.15, -0.1) is 11.3 Å². The molecule has 0 bridgehead atoms. The van der Waals surface area contributed by atoms with Gasteiger partial charge in [-0.05, 0) is 53.6 Å². The molecule has 9 heteroatoms. The van der Waals surface area contributed by atoms with E-state index in [0.29, 0.717) is 23.9 Å². The second-order valence-corrected chi connectivity index (χ2v) is 9.86. The van der Waals surface area contributed by atoms with E-state index in [1.165, 1.54) is 16.9 Å². The Morgan fingerprint density at radius 3 is 2.49 bits per heavy atom. The van der Waals surface area contributed by atoms with Crippen LogP contribution in [0.25, 0.3) is 20.7 Å². The highest BCUT2D eigenvalue weighted by molar-refractivity contribution is 7.22. The van der Waals surface area contributed by atoms with Crippen LogP contribution in [-0.2, 0) is 13.1 Å². The summed E-state index contributed by atoms with van der Waals surface area (Å²) < 4.78 is 16.8. The first kappa shape index (κ1) is 22.1.